The summed E-state index contributed by atoms with van der Waals surface area (Å²) in [4.78, 5) is 4.28. The third-order valence-electron chi connectivity index (χ3n) is 3.02. The lowest BCUT2D eigenvalue weighted by Crippen LogP contribution is -2.08. The second-order valence-corrected chi connectivity index (χ2v) is 4.44. The molecule has 2 rings (SSSR count). The maximum Gasteiger partial charge on any atom is 0.232 e. The van der Waals surface area contributed by atoms with Gasteiger partial charge in [0.2, 0.25) is 5.89 Å². The Bertz CT molecular complexity index is 498. The van der Waals surface area contributed by atoms with Gasteiger partial charge in [0, 0.05) is 13.5 Å². The minimum absolute atomic E-state index is 0.244. The van der Waals surface area contributed by atoms with Crippen LogP contribution < -0.4 is 0 Å². The summed E-state index contributed by atoms with van der Waals surface area (Å²) >= 11 is 0. The van der Waals surface area contributed by atoms with E-state index in [0.717, 1.165) is 5.56 Å². The zero-order valence-corrected chi connectivity index (χ0v) is 11.1. The lowest BCUT2D eigenvalue weighted by Gasteiger charge is -2.15. The highest BCUT2D eigenvalue weighted by Gasteiger charge is 2.23. The molecule has 0 aliphatic rings. The molecule has 1 aromatic carbocycles. The molecule has 1 N–H and O–H groups in total. The molecule has 0 saturated heterocycles. The molecule has 19 heavy (non-hydrogen) atoms. The fourth-order valence-corrected chi connectivity index (χ4v) is 1.82. The molecule has 0 amide bonds. The van der Waals surface area contributed by atoms with Gasteiger partial charge >= 0.3 is 0 Å². The molecule has 0 spiro atoms. The number of aliphatic hydroxyl groups excluding tert-OH is 1. The molecule has 102 valence electrons. The van der Waals surface area contributed by atoms with E-state index in [1.165, 1.54) is 0 Å². The van der Waals surface area contributed by atoms with Crippen molar-refractivity contribution >= 4 is 0 Å². The first-order valence-corrected chi connectivity index (χ1v) is 6.26. The number of ether oxygens (including phenoxy) is 1. The predicted molar refractivity (Wildman–Crippen MR) is 69.7 cm³/mol. The first-order chi connectivity index (χ1) is 9.22. The van der Waals surface area contributed by atoms with E-state index < -0.39 is 6.10 Å². The molecular formula is C14H18N2O3. The molecule has 2 atom stereocenters. The van der Waals surface area contributed by atoms with E-state index in [2.05, 4.69) is 10.1 Å². The summed E-state index contributed by atoms with van der Waals surface area (Å²) in [6, 6.07) is 9.45. The van der Waals surface area contributed by atoms with Crippen LogP contribution >= 0.6 is 0 Å². The van der Waals surface area contributed by atoms with Gasteiger partial charge in [0.1, 0.15) is 0 Å². The van der Waals surface area contributed by atoms with Crippen molar-refractivity contribution in [2.75, 3.05) is 13.7 Å². The number of rotatable bonds is 6. The molecule has 5 heteroatoms. The van der Waals surface area contributed by atoms with Crippen molar-refractivity contribution in [3.05, 3.63) is 47.6 Å². The molecule has 2 aromatic rings. The minimum atomic E-state index is -0.656. The number of benzene rings is 1. The number of aliphatic hydroxyl groups is 1. The molecule has 0 aliphatic heterocycles. The molecule has 0 saturated carbocycles. The van der Waals surface area contributed by atoms with Crippen LogP contribution in [-0.2, 0) is 11.2 Å². The highest BCUT2D eigenvalue weighted by molar-refractivity contribution is 5.20. The Morgan fingerprint density at radius 2 is 2.05 bits per heavy atom. The Morgan fingerprint density at radius 1 is 1.32 bits per heavy atom. The van der Waals surface area contributed by atoms with Crippen LogP contribution in [0.15, 0.2) is 34.9 Å². The third kappa shape index (κ3) is 3.39. The minimum Gasteiger partial charge on any atom is -0.388 e. The molecule has 1 aromatic heterocycles. The van der Waals surface area contributed by atoms with Crippen molar-refractivity contribution in [2.45, 2.75) is 25.4 Å². The van der Waals surface area contributed by atoms with Gasteiger partial charge in [0.25, 0.3) is 0 Å². The van der Waals surface area contributed by atoms with Crippen molar-refractivity contribution in [3.63, 3.8) is 0 Å². The maximum absolute atomic E-state index is 10.3. The van der Waals surface area contributed by atoms with Crippen LogP contribution in [0.4, 0.5) is 0 Å². The van der Waals surface area contributed by atoms with Gasteiger partial charge in [-0.1, -0.05) is 42.4 Å². The van der Waals surface area contributed by atoms with Crippen molar-refractivity contribution in [3.8, 4) is 0 Å². The van der Waals surface area contributed by atoms with Gasteiger partial charge in [0.15, 0.2) is 5.82 Å². The zero-order valence-electron chi connectivity index (χ0n) is 11.1. The first kappa shape index (κ1) is 13.7. The first-order valence-electron chi connectivity index (χ1n) is 6.26. The van der Waals surface area contributed by atoms with Crippen LogP contribution in [0.25, 0.3) is 0 Å². The molecule has 5 nitrogen and oxygen atoms in total. The van der Waals surface area contributed by atoms with E-state index in [4.69, 9.17) is 9.26 Å². The van der Waals surface area contributed by atoms with E-state index in [1.807, 2.05) is 37.3 Å². The van der Waals surface area contributed by atoms with Crippen LogP contribution in [-0.4, -0.2) is 29.0 Å². The molecule has 1 heterocycles. The smallest absolute Gasteiger partial charge is 0.232 e. The Balaban J connectivity index is 2.06. The molecule has 0 bridgehead atoms. The van der Waals surface area contributed by atoms with Crippen molar-refractivity contribution in [2.24, 2.45) is 0 Å². The van der Waals surface area contributed by atoms with Crippen molar-refractivity contribution < 1.29 is 14.4 Å². The lowest BCUT2D eigenvalue weighted by molar-refractivity contribution is 0.135. The van der Waals surface area contributed by atoms with E-state index in [-0.39, 0.29) is 5.92 Å². The quantitative estimate of drug-likeness (QED) is 0.863. The maximum atomic E-state index is 10.3. The van der Waals surface area contributed by atoms with Crippen molar-refractivity contribution in [1.29, 1.82) is 0 Å². The second-order valence-electron chi connectivity index (χ2n) is 4.44. The highest BCUT2D eigenvalue weighted by Crippen LogP contribution is 2.29. The summed E-state index contributed by atoms with van der Waals surface area (Å²) < 4.78 is 10.2. The Kier molecular flexibility index (Phi) is 4.65. The fourth-order valence-electron chi connectivity index (χ4n) is 1.82. The molecule has 0 fully saturated rings. The third-order valence-corrected chi connectivity index (χ3v) is 3.02. The number of hydrogen-bond donors (Lipinski definition) is 1. The van der Waals surface area contributed by atoms with Gasteiger partial charge in [-0.25, -0.2) is 0 Å². The fraction of sp³-hybridized carbons (Fsp3) is 0.429. The van der Waals surface area contributed by atoms with Crippen LogP contribution in [0, 0.1) is 0 Å². The summed E-state index contributed by atoms with van der Waals surface area (Å²) in [6.07, 6.45) is -0.0503. The molecular weight excluding hydrogens is 244 g/mol. The van der Waals surface area contributed by atoms with Crippen LogP contribution in [0.1, 0.15) is 36.2 Å². The Hall–Kier alpha value is -1.72. The van der Waals surface area contributed by atoms with E-state index in [0.29, 0.717) is 24.7 Å². The Labute approximate surface area is 112 Å². The highest BCUT2D eigenvalue weighted by atomic mass is 16.5. The van der Waals surface area contributed by atoms with Gasteiger partial charge in [0.05, 0.1) is 18.6 Å². The summed E-state index contributed by atoms with van der Waals surface area (Å²) in [5.74, 6) is 0.803. The van der Waals surface area contributed by atoms with E-state index in [1.54, 1.807) is 7.11 Å². The summed E-state index contributed by atoms with van der Waals surface area (Å²) in [6.45, 7) is 2.42. The number of hydrogen-bond acceptors (Lipinski definition) is 5. The van der Waals surface area contributed by atoms with Crippen LogP contribution in [0.3, 0.4) is 0 Å². The second kappa shape index (κ2) is 6.45. The lowest BCUT2D eigenvalue weighted by atomic mass is 9.97. The van der Waals surface area contributed by atoms with E-state index in [9.17, 15) is 5.11 Å². The topological polar surface area (TPSA) is 68.4 Å². The van der Waals surface area contributed by atoms with Gasteiger partial charge in [-0.3, -0.25) is 0 Å². The van der Waals surface area contributed by atoms with Crippen molar-refractivity contribution in [1.82, 2.24) is 10.1 Å². The summed E-state index contributed by atoms with van der Waals surface area (Å²) in [5, 5.41) is 14.1. The zero-order chi connectivity index (χ0) is 13.7. The van der Waals surface area contributed by atoms with Gasteiger partial charge in [-0.15, -0.1) is 0 Å². The van der Waals surface area contributed by atoms with Gasteiger partial charge < -0.3 is 14.4 Å². The normalized spacial score (nSPS) is 14.3. The average molecular weight is 262 g/mol. The molecule has 0 radical (unpaired) electrons. The summed E-state index contributed by atoms with van der Waals surface area (Å²) in [7, 11) is 1.63. The SMILES string of the molecule is COCCc1noc(C(C)C(O)c2ccccc2)n1. The monoisotopic (exact) mass is 262 g/mol. The largest absolute Gasteiger partial charge is 0.388 e. The number of methoxy groups -OCH3 is 1. The van der Waals surface area contributed by atoms with E-state index >= 15 is 0 Å². The average Bonchev–Trinajstić information content (AvgIpc) is 2.93. The molecule has 0 aliphatic carbocycles. The number of nitrogens with zero attached hydrogens (tertiary/aromatic N) is 2. The van der Waals surface area contributed by atoms with Gasteiger partial charge in [-0.05, 0) is 5.56 Å². The summed E-state index contributed by atoms with van der Waals surface area (Å²) in [5.41, 5.74) is 0.839. The number of aromatic nitrogens is 2. The predicted octanol–water partition coefficient (Wildman–Crippen LogP) is 2.10. The standard InChI is InChI=1S/C14H18N2O3/c1-10(13(17)11-6-4-3-5-7-11)14-15-12(16-19-14)8-9-18-2/h3-7,10,13,17H,8-9H2,1-2H3. The molecule has 2 unspecified atom stereocenters. The van der Waals surface area contributed by atoms with Gasteiger partial charge in [-0.2, -0.15) is 4.98 Å². The Morgan fingerprint density at radius 3 is 2.74 bits per heavy atom. The van der Waals surface area contributed by atoms with Crippen LogP contribution in [0.2, 0.25) is 0 Å². The van der Waals surface area contributed by atoms with Crippen LogP contribution in [0.5, 0.6) is 0 Å².